The molecule has 1 saturated carbocycles. The van der Waals surface area contributed by atoms with Crippen LogP contribution in [0.2, 0.25) is 5.15 Å². The molecule has 0 aromatic carbocycles. The van der Waals surface area contributed by atoms with E-state index in [0.717, 1.165) is 35.1 Å². The average molecular weight is 366 g/mol. The van der Waals surface area contributed by atoms with Crippen molar-refractivity contribution in [1.29, 1.82) is 0 Å². The fraction of sp³-hybridized carbons (Fsp3) is 0.588. The summed E-state index contributed by atoms with van der Waals surface area (Å²) >= 11 is 6.32. The van der Waals surface area contributed by atoms with E-state index < -0.39 is 0 Å². The molecular formula is C17H24ClN5O2. The molecule has 1 aliphatic rings. The van der Waals surface area contributed by atoms with Gasteiger partial charge < -0.3 is 15.4 Å². The fourth-order valence-corrected chi connectivity index (χ4v) is 3.21. The summed E-state index contributed by atoms with van der Waals surface area (Å²) in [6.45, 7) is 5.40. The van der Waals surface area contributed by atoms with Crippen LogP contribution in [0.15, 0.2) is 6.07 Å². The van der Waals surface area contributed by atoms with Gasteiger partial charge in [0, 0.05) is 37.1 Å². The maximum absolute atomic E-state index is 11.7. The quantitative estimate of drug-likeness (QED) is 0.737. The Kier molecular flexibility index (Phi) is 5.44. The molecule has 0 unspecified atom stereocenters. The summed E-state index contributed by atoms with van der Waals surface area (Å²) in [7, 11) is 1.86. The topological polar surface area (TPSA) is 81.1 Å². The van der Waals surface area contributed by atoms with Gasteiger partial charge in [-0.15, -0.1) is 0 Å². The number of alkyl carbamates (subject to hydrolysis) is 1. The van der Waals surface area contributed by atoms with Gasteiger partial charge in [0.15, 0.2) is 5.65 Å². The molecule has 1 aliphatic carbocycles. The maximum atomic E-state index is 11.7. The van der Waals surface area contributed by atoms with Crippen LogP contribution in [0.5, 0.6) is 0 Å². The van der Waals surface area contributed by atoms with Crippen LogP contribution in [0.3, 0.4) is 0 Å². The second-order valence-electron chi connectivity index (χ2n) is 6.46. The molecule has 25 heavy (non-hydrogen) atoms. The van der Waals surface area contributed by atoms with Crippen molar-refractivity contribution in [3.05, 3.63) is 22.5 Å². The second kappa shape index (κ2) is 7.58. The minimum absolute atomic E-state index is 0.0784. The molecule has 2 heterocycles. The van der Waals surface area contributed by atoms with Crippen molar-refractivity contribution >= 4 is 28.7 Å². The van der Waals surface area contributed by atoms with Gasteiger partial charge in [-0.1, -0.05) is 11.6 Å². The summed E-state index contributed by atoms with van der Waals surface area (Å²) in [4.78, 5) is 16.1. The zero-order chi connectivity index (χ0) is 18.0. The third-order valence-electron chi connectivity index (χ3n) is 4.47. The van der Waals surface area contributed by atoms with Gasteiger partial charge >= 0.3 is 6.09 Å². The average Bonchev–Trinajstić information content (AvgIpc) is 3.36. The van der Waals surface area contributed by atoms with E-state index in [-0.39, 0.29) is 12.1 Å². The van der Waals surface area contributed by atoms with Crippen LogP contribution in [0.4, 0.5) is 4.79 Å². The Bertz CT molecular complexity index is 772. The number of halogens is 1. The number of amides is 1. The Morgan fingerprint density at radius 3 is 2.96 bits per heavy atom. The molecule has 2 aromatic rings. The monoisotopic (exact) mass is 365 g/mol. The summed E-state index contributed by atoms with van der Waals surface area (Å²) in [5.74, 6) is 0.522. The third kappa shape index (κ3) is 4.22. The SMILES string of the molecule is CCOC(=O)N[C@@H](CNCc1cc2c(C)nn(C)c2nc1Cl)C1CC1. The van der Waals surface area contributed by atoms with E-state index >= 15 is 0 Å². The highest BCUT2D eigenvalue weighted by Gasteiger charge is 2.32. The van der Waals surface area contributed by atoms with Crippen LogP contribution in [0.1, 0.15) is 31.0 Å². The number of rotatable bonds is 7. The van der Waals surface area contributed by atoms with Gasteiger partial charge in [-0.3, -0.25) is 4.68 Å². The first-order chi connectivity index (χ1) is 12.0. The number of hydrogen-bond acceptors (Lipinski definition) is 5. The van der Waals surface area contributed by atoms with Crippen molar-refractivity contribution in [2.24, 2.45) is 13.0 Å². The number of fused-ring (bicyclic) bond motifs is 1. The minimum atomic E-state index is -0.353. The number of hydrogen-bond donors (Lipinski definition) is 2. The molecule has 0 radical (unpaired) electrons. The molecule has 2 N–H and O–H groups in total. The van der Waals surface area contributed by atoms with Crippen LogP contribution >= 0.6 is 11.6 Å². The lowest BCUT2D eigenvalue weighted by atomic mass is 10.1. The van der Waals surface area contributed by atoms with Gasteiger partial charge in [0.1, 0.15) is 5.15 Å². The zero-order valence-electron chi connectivity index (χ0n) is 14.8. The van der Waals surface area contributed by atoms with E-state index in [0.29, 0.717) is 30.8 Å². The van der Waals surface area contributed by atoms with Crippen molar-refractivity contribution in [3.8, 4) is 0 Å². The first kappa shape index (κ1) is 17.9. The van der Waals surface area contributed by atoms with Crippen molar-refractivity contribution < 1.29 is 9.53 Å². The molecule has 2 aromatic heterocycles. The van der Waals surface area contributed by atoms with Gasteiger partial charge in [-0.2, -0.15) is 5.10 Å². The molecule has 136 valence electrons. The lowest BCUT2D eigenvalue weighted by Gasteiger charge is -2.18. The molecule has 0 aliphatic heterocycles. The van der Waals surface area contributed by atoms with Gasteiger partial charge in [0.2, 0.25) is 0 Å². The second-order valence-corrected chi connectivity index (χ2v) is 6.82. The van der Waals surface area contributed by atoms with E-state index in [9.17, 15) is 4.79 Å². The summed E-state index contributed by atoms with van der Waals surface area (Å²) < 4.78 is 6.72. The fourth-order valence-electron chi connectivity index (χ4n) is 3.01. The number of aromatic nitrogens is 3. The zero-order valence-corrected chi connectivity index (χ0v) is 15.6. The Morgan fingerprint density at radius 1 is 1.52 bits per heavy atom. The Hall–Kier alpha value is -1.86. The number of nitrogens with zero attached hydrogens (tertiary/aromatic N) is 3. The molecule has 0 spiro atoms. The first-order valence-electron chi connectivity index (χ1n) is 8.62. The van der Waals surface area contributed by atoms with Gasteiger partial charge in [0.05, 0.1) is 12.3 Å². The van der Waals surface area contributed by atoms with Gasteiger partial charge in [-0.05, 0) is 38.7 Å². The maximum Gasteiger partial charge on any atom is 0.407 e. The van der Waals surface area contributed by atoms with E-state index in [1.807, 2.05) is 20.0 Å². The third-order valence-corrected chi connectivity index (χ3v) is 4.80. The normalized spacial score (nSPS) is 15.4. The number of pyridine rings is 1. The van der Waals surface area contributed by atoms with Crippen molar-refractivity contribution in [3.63, 3.8) is 0 Å². The van der Waals surface area contributed by atoms with E-state index in [1.165, 1.54) is 0 Å². The largest absolute Gasteiger partial charge is 0.450 e. The molecule has 0 saturated heterocycles. The molecule has 0 bridgehead atoms. The number of aryl methyl sites for hydroxylation is 2. The summed E-state index contributed by atoms with van der Waals surface area (Å²) in [6, 6.07) is 2.11. The number of carbonyl (C=O) groups excluding carboxylic acids is 1. The molecule has 3 rings (SSSR count). The molecule has 8 heteroatoms. The molecule has 1 amide bonds. The van der Waals surface area contributed by atoms with Crippen LogP contribution in [0, 0.1) is 12.8 Å². The highest BCUT2D eigenvalue weighted by atomic mass is 35.5. The highest BCUT2D eigenvalue weighted by Crippen LogP contribution is 2.32. The van der Waals surface area contributed by atoms with Crippen LogP contribution < -0.4 is 10.6 Å². The Labute approximate surface area is 152 Å². The molecular weight excluding hydrogens is 342 g/mol. The first-order valence-corrected chi connectivity index (χ1v) is 9.00. The van der Waals surface area contributed by atoms with Crippen molar-refractivity contribution in [2.75, 3.05) is 13.2 Å². The van der Waals surface area contributed by atoms with Crippen molar-refractivity contribution in [2.45, 2.75) is 39.3 Å². The number of nitrogens with one attached hydrogen (secondary N) is 2. The predicted octanol–water partition coefficient (Wildman–Crippen LogP) is 2.54. The summed E-state index contributed by atoms with van der Waals surface area (Å²) in [5.41, 5.74) is 2.64. The summed E-state index contributed by atoms with van der Waals surface area (Å²) in [6.07, 6.45) is 1.93. The Morgan fingerprint density at radius 2 is 2.28 bits per heavy atom. The lowest BCUT2D eigenvalue weighted by molar-refractivity contribution is 0.146. The van der Waals surface area contributed by atoms with E-state index in [1.54, 1.807) is 11.6 Å². The van der Waals surface area contributed by atoms with Gasteiger partial charge in [0.25, 0.3) is 0 Å². The number of ether oxygens (including phenoxy) is 1. The molecule has 1 atom stereocenters. The lowest BCUT2D eigenvalue weighted by Crippen LogP contribution is -2.43. The van der Waals surface area contributed by atoms with E-state index in [4.69, 9.17) is 16.3 Å². The molecule has 1 fully saturated rings. The predicted molar refractivity (Wildman–Crippen MR) is 96.6 cm³/mol. The smallest absolute Gasteiger partial charge is 0.407 e. The van der Waals surface area contributed by atoms with Crippen LogP contribution in [-0.2, 0) is 18.3 Å². The van der Waals surface area contributed by atoms with Crippen molar-refractivity contribution in [1.82, 2.24) is 25.4 Å². The standard InChI is InChI=1S/C17H24ClN5O2/c1-4-25-17(24)20-14(11-5-6-11)9-19-8-12-7-13-10(2)22-23(3)16(13)21-15(12)18/h7,11,14,19H,4-6,8-9H2,1-3H3,(H,20,24)/t14-/m0/s1. The van der Waals surface area contributed by atoms with Gasteiger partial charge in [-0.25, -0.2) is 9.78 Å². The summed E-state index contributed by atoms with van der Waals surface area (Å²) in [5, 5.41) is 12.2. The number of carbonyl (C=O) groups is 1. The van der Waals surface area contributed by atoms with E-state index in [2.05, 4.69) is 20.7 Å². The minimum Gasteiger partial charge on any atom is -0.450 e. The molecule has 7 nitrogen and oxygen atoms in total. The van der Waals surface area contributed by atoms with Crippen LogP contribution in [-0.4, -0.2) is 40.1 Å². The van der Waals surface area contributed by atoms with Crippen LogP contribution in [0.25, 0.3) is 11.0 Å². The Balaban J connectivity index is 1.62. The highest BCUT2D eigenvalue weighted by molar-refractivity contribution is 6.30.